The lowest BCUT2D eigenvalue weighted by atomic mass is 10.1. The van der Waals surface area contributed by atoms with Crippen LogP contribution in [0.2, 0.25) is 0 Å². The second kappa shape index (κ2) is 11.5. The van der Waals surface area contributed by atoms with Gasteiger partial charge in [0.1, 0.15) is 11.1 Å². The average molecular weight is 488 g/mol. The fourth-order valence-corrected chi connectivity index (χ4v) is 3.43. The first kappa shape index (κ1) is 22.9. The minimum Gasteiger partial charge on any atom is -0.375 e. The van der Waals surface area contributed by atoms with Crippen molar-refractivity contribution in [3.63, 3.8) is 0 Å². The highest BCUT2D eigenvalue weighted by Crippen LogP contribution is 2.20. The number of nitrogens with zero attached hydrogens (tertiary/aromatic N) is 3. The van der Waals surface area contributed by atoms with Crippen LogP contribution < -0.4 is 5.32 Å². The third kappa shape index (κ3) is 6.51. The van der Waals surface area contributed by atoms with Crippen LogP contribution in [-0.2, 0) is 17.7 Å². The number of benzene rings is 1. The molecule has 0 radical (unpaired) electrons. The number of ether oxygens (including phenoxy) is 1. The van der Waals surface area contributed by atoms with Gasteiger partial charge >= 0.3 is 0 Å². The van der Waals surface area contributed by atoms with Gasteiger partial charge in [0.15, 0.2) is 5.96 Å². The molecule has 0 fully saturated rings. The molecule has 1 unspecified atom stereocenters. The minimum absolute atomic E-state index is 0. The van der Waals surface area contributed by atoms with Crippen molar-refractivity contribution >= 4 is 41.3 Å². The summed E-state index contributed by atoms with van der Waals surface area (Å²) in [6, 6.07) is 8.49. The number of nitrogens with one attached hydrogen (secondary N) is 1. The summed E-state index contributed by atoms with van der Waals surface area (Å²) in [7, 11) is 5.55. The maximum atomic E-state index is 5.33. The van der Waals surface area contributed by atoms with E-state index in [-0.39, 0.29) is 30.1 Å². The summed E-state index contributed by atoms with van der Waals surface area (Å²) in [6.07, 6.45) is 1.02. The van der Waals surface area contributed by atoms with Crippen molar-refractivity contribution in [2.45, 2.75) is 32.9 Å². The molecule has 7 heteroatoms. The molecule has 1 aromatic carbocycles. The Kier molecular flexibility index (Phi) is 10.1. The second-order valence-corrected chi connectivity index (χ2v) is 6.95. The van der Waals surface area contributed by atoms with E-state index >= 15 is 0 Å². The van der Waals surface area contributed by atoms with Crippen molar-refractivity contribution in [1.82, 2.24) is 15.2 Å². The molecule has 0 aliphatic heterocycles. The van der Waals surface area contributed by atoms with E-state index in [4.69, 9.17) is 4.74 Å². The number of hydrogen-bond acceptors (Lipinski definition) is 4. The maximum absolute atomic E-state index is 5.33. The van der Waals surface area contributed by atoms with Gasteiger partial charge in [-0.2, -0.15) is 0 Å². The van der Waals surface area contributed by atoms with Crippen LogP contribution in [0.3, 0.4) is 0 Å². The van der Waals surface area contributed by atoms with E-state index in [2.05, 4.69) is 56.8 Å². The zero-order chi connectivity index (χ0) is 18.2. The number of halogens is 1. The normalized spacial score (nSPS) is 12.4. The van der Waals surface area contributed by atoms with Crippen molar-refractivity contribution in [3.8, 4) is 0 Å². The molecule has 0 saturated carbocycles. The Bertz CT molecular complexity index is 704. The molecule has 5 nitrogen and oxygen atoms in total. The molecule has 2 aromatic rings. The molecule has 0 aliphatic rings. The summed E-state index contributed by atoms with van der Waals surface area (Å²) in [5.41, 5.74) is 3.73. The Morgan fingerprint density at radius 3 is 2.77 bits per heavy atom. The average Bonchev–Trinajstić information content (AvgIpc) is 3.07. The summed E-state index contributed by atoms with van der Waals surface area (Å²) >= 11 is 1.64. The van der Waals surface area contributed by atoms with Crippen LogP contribution in [0.5, 0.6) is 0 Å². The fraction of sp³-hybridized carbons (Fsp3) is 0.474. The highest BCUT2D eigenvalue weighted by Gasteiger charge is 2.12. The number of aromatic nitrogens is 1. The lowest BCUT2D eigenvalue weighted by molar-refractivity contribution is 0.119. The molecule has 1 heterocycles. The van der Waals surface area contributed by atoms with Crippen molar-refractivity contribution in [1.29, 1.82) is 0 Å². The summed E-state index contributed by atoms with van der Waals surface area (Å²) in [6.45, 7) is 5.73. The number of methoxy groups -OCH3 is 1. The largest absolute Gasteiger partial charge is 0.375 e. The molecule has 2 rings (SSSR count). The van der Waals surface area contributed by atoms with Gasteiger partial charge in [0.2, 0.25) is 0 Å². The van der Waals surface area contributed by atoms with Crippen LogP contribution in [0.4, 0.5) is 0 Å². The van der Waals surface area contributed by atoms with Crippen molar-refractivity contribution in [2.75, 3.05) is 27.7 Å². The van der Waals surface area contributed by atoms with Crippen molar-refractivity contribution in [2.24, 2.45) is 4.99 Å². The quantitative estimate of drug-likeness (QED) is 0.364. The Hall–Kier alpha value is -1.19. The van der Waals surface area contributed by atoms with E-state index in [1.54, 1.807) is 18.4 Å². The predicted octanol–water partition coefficient (Wildman–Crippen LogP) is 4.03. The van der Waals surface area contributed by atoms with Crippen LogP contribution >= 0.6 is 35.3 Å². The molecule has 144 valence electrons. The number of rotatable bonds is 7. The van der Waals surface area contributed by atoms with Crippen molar-refractivity contribution in [3.05, 3.63) is 51.5 Å². The van der Waals surface area contributed by atoms with Gasteiger partial charge in [0.05, 0.1) is 12.2 Å². The van der Waals surface area contributed by atoms with Gasteiger partial charge in [0, 0.05) is 33.1 Å². The predicted molar refractivity (Wildman–Crippen MR) is 121 cm³/mol. The highest BCUT2D eigenvalue weighted by atomic mass is 127. The summed E-state index contributed by atoms with van der Waals surface area (Å²) in [5.74, 6) is 0.878. The van der Waals surface area contributed by atoms with Gasteiger partial charge in [0.25, 0.3) is 0 Å². The SMILES string of the molecule is CN=C(NCCc1ccccc1C)N(C)Cc1csc(C(C)OC)n1.I. The molecule has 26 heavy (non-hydrogen) atoms. The summed E-state index contributed by atoms with van der Waals surface area (Å²) in [4.78, 5) is 11.1. The molecule has 0 aliphatic carbocycles. The third-order valence-corrected chi connectivity index (χ3v) is 5.24. The molecule has 1 N–H and O–H groups in total. The van der Waals surface area contributed by atoms with Crippen molar-refractivity contribution < 1.29 is 4.74 Å². The zero-order valence-corrected chi connectivity index (χ0v) is 19.3. The third-order valence-electron chi connectivity index (χ3n) is 4.18. The molecular formula is C19H29IN4OS. The van der Waals surface area contributed by atoms with Gasteiger partial charge in [-0.15, -0.1) is 35.3 Å². The number of aryl methyl sites for hydroxylation is 1. The standard InChI is InChI=1S/C19H28N4OS.HI/c1-14-8-6-7-9-16(14)10-11-21-19(20-3)23(4)12-17-13-25-18(22-17)15(2)24-5;/h6-9,13,15H,10-12H2,1-5H3,(H,20,21);1H. The maximum Gasteiger partial charge on any atom is 0.193 e. The first-order valence-electron chi connectivity index (χ1n) is 8.48. The van der Waals surface area contributed by atoms with E-state index in [0.29, 0.717) is 0 Å². The lowest BCUT2D eigenvalue weighted by Gasteiger charge is -2.21. The molecule has 0 bridgehead atoms. The topological polar surface area (TPSA) is 49.8 Å². The van der Waals surface area contributed by atoms with Gasteiger partial charge in [-0.1, -0.05) is 24.3 Å². The highest BCUT2D eigenvalue weighted by molar-refractivity contribution is 14.0. The van der Waals surface area contributed by atoms with E-state index in [9.17, 15) is 0 Å². The molecule has 0 spiro atoms. The van der Waals surface area contributed by atoms with Crippen LogP contribution in [0.1, 0.15) is 34.9 Å². The first-order chi connectivity index (χ1) is 12.0. The van der Waals surface area contributed by atoms with Crippen LogP contribution in [0.15, 0.2) is 34.6 Å². The molecule has 1 aromatic heterocycles. The molecule has 1 atom stereocenters. The molecular weight excluding hydrogens is 459 g/mol. The monoisotopic (exact) mass is 488 g/mol. The zero-order valence-electron chi connectivity index (χ0n) is 16.2. The smallest absolute Gasteiger partial charge is 0.193 e. The van der Waals surface area contributed by atoms with Gasteiger partial charge < -0.3 is 15.0 Å². The minimum atomic E-state index is 0. The second-order valence-electron chi connectivity index (χ2n) is 6.06. The summed E-state index contributed by atoms with van der Waals surface area (Å²) in [5, 5.41) is 6.53. The number of aliphatic imine (C=N–C) groups is 1. The Balaban J connectivity index is 0.00000338. The van der Waals surface area contributed by atoms with Gasteiger partial charge in [-0.3, -0.25) is 4.99 Å². The number of thiazole rings is 1. The lowest BCUT2D eigenvalue weighted by Crippen LogP contribution is -2.39. The van der Waals surface area contributed by atoms with Gasteiger partial charge in [-0.25, -0.2) is 4.98 Å². The Morgan fingerprint density at radius 1 is 1.38 bits per heavy atom. The van der Waals surface area contributed by atoms with E-state index < -0.39 is 0 Å². The fourth-order valence-electron chi connectivity index (χ4n) is 2.58. The van der Waals surface area contributed by atoms with Crippen LogP contribution in [-0.4, -0.2) is 43.6 Å². The van der Waals surface area contributed by atoms with Crippen LogP contribution in [0.25, 0.3) is 0 Å². The first-order valence-corrected chi connectivity index (χ1v) is 9.36. The summed E-state index contributed by atoms with van der Waals surface area (Å²) < 4.78 is 5.33. The number of hydrogen-bond donors (Lipinski definition) is 1. The van der Waals surface area contributed by atoms with E-state index in [0.717, 1.165) is 36.2 Å². The van der Waals surface area contributed by atoms with E-state index in [1.807, 2.05) is 21.0 Å². The van der Waals surface area contributed by atoms with E-state index in [1.165, 1.54) is 11.1 Å². The Labute approximate surface area is 177 Å². The number of guanidine groups is 1. The van der Waals surface area contributed by atoms with Gasteiger partial charge in [-0.05, 0) is 31.4 Å². The van der Waals surface area contributed by atoms with Crippen LogP contribution in [0, 0.1) is 6.92 Å². The molecule has 0 saturated heterocycles. The molecule has 0 amide bonds. The Morgan fingerprint density at radius 2 is 2.12 bits per heavy atom.